The van der Waals surface area contributed by atoms with Crippen molar-refractivity contribution in [1.29, 1.82) is 0 Å². The second-order valence-electron chi connectivity index (χ2n) is 17.7. The summed E-state index contributed by atoms with van der Waals surface area (Å²) < 4.78 is 59.2. The van der Waals surface area contributed by atoms with Crippen LogP contribution in [0.1, 0.15) is 213 Å². The monoisotopic (exact) mass is 943 g/mol. The van der Waals surface area contributed by atoms with Gasteiger partial charge >= 0.3 is 16.4 Å². The summed E-state index contributed by atoms with van der Waals surface area (Å²) >= 11 is 0. The van der Waals surface area contributed by atoms with Crippen LogP contribution < -0.4 is 0 Å². The number of esters is 1. The Morgan fingerprint density at radius 1 is 0.600 bits per heavy atom. The first-order chi connectivity index (χ1) is 31.6. The molecule has 0 bridgehead atoms. The third kappa shape index (κ3) is 36.7. The molecule has 1 aliphatic rings. The van der Waals surface area contributed by atoms with Gasteiger partial charge in [-0.15, -0.1) is 0 Å². The van der Waals surface area contributed by atoms with Crippen molar-refractivity contribution in [1.82, 2.24) is 0 Å². The molecule has 13 heteroatoms. The molecular formula is C52H94O12S. The molecule has 0 aromatic carbocycles. The van der Waals surface area contributed by atoms with E-state index in [9.17, 15) is 33.1 Å². The van der Waals surface area contributed by atoms with Gasteiger partial charge in [-0.25, -0.2) is 4.18 Å². The topological polar surface area (TPSA) is 178 Å². The summed E-state index contributed by atoms with van der Waals surface area (Å²) in [6.45, 7) is 3.89. The van der Waals surface area contributed by atoms with Crippen molar-refractivity contribution < 1.29 is 56.2 Å². The highest BCUT2D eigenvalue weighted by Gasteiger charge is 2.48. The summed E-state index contributed by atoms with van der Waals surface area (Å²) in [5.74, 6) is -0.399. The minimum Gasteiger partial charge on any atom is -0.457 e. The van der Waals surface area contributed by atoms with Crippen molar-refractivity contribution in [2.45, 2.75) is 250 Å². The summed E-state index contributed by atoms with van der Waals surface area (Å²) in [6.07, 6.45) is 44.4. The van der Waals surface area contributed by atoms with Crippen molar-refractivity contribution in [3.8, 4) is 0 Å². The molecule has 4 N–H and O–H groups in total. The molecule has 1 heterocycles. The van der Waals surface area contributed by atoms with E-state index in [-0.39, 0.29) is 19.6 Å². The summed E-state index contributed by atoms with van der Waals surface area (Å²) in [4.78, 5) is 12.9. The van der Waals surface area contributed by atoms with Crippen molar-refractivity contribution in [3.63, 3.8) is 0 Å². The van der Waals surface area contributed by atoms with E-state index in [0.717, 1.165) is 64.2 Å². The van der Waals surface area contributed by atoms with Crippen LogP contribution >= 0.6 is 0 Å². The van der Waals surface area contributed by atoms with Crippen LogP contribution in [0.3, 0.4) is 0 Å². The quantitative estimate of drug-likeness (QED) is 0.0197. The van der Waals surface area contributed by atoms with Crippen LogP contribution in [0, 0.1) is 0 Å². The number of hydrogen-bond acceptors (Lipinski definition) is 11. The number of unbranched alkanes of at least 4 members (excludes halogenated alkanes) is 24. The Hall–Kier alpha value is -1.94. The zero-order valence-corrected chi connectivity index (χ0v) is 41.6. The minimum atomic E-state index is -5.06. The van der Waals surface area contributed by atoms with E-state index in [1.54, 1.807) is 0 Å². The van der Waals surface area contributed by atoms with E-state index in [1.807, 2.05) is 0 Å². The zero-order valence-electron chi connectivity index (χ0n) is 40.8. The molecule has 0 aliphatic carbocycles. The summed E-state index contributed by atoms with van der Waals surface area (Å²) in [5.41, 5.74) is 0. The molecule has 12 nitrogen and oxygen atoms in total. The maximum absolute atomic E-state index is 12.9. The van der Waals surface area contributed by atoms with Crippen LogP contribution in [-0.4, -0.2) is 97.5 Å². The zero-order chi connectivity index (χ0) is 47.5. The van der Waals surface area contributed by atoms with E-state index in [0.29, 0.717) is 13.0 Å². The van der Waals surface area contributed by atoms with Gasteiger partial charge in [-0.1, -0.05) is 204 Å². The molecule has 65 heavy (non-hydrogen) atoms. The highest BCUT2D eigenvalue weighted by molar-refractivity contribution is 7.80. The fourth-order valence-corrected chi connectivity index (χ4v) is 8.35. The van der Waals surface area contributed by atoms with E-state index in [2.05, 4.69) is 66.6 Å². The smallest absolute Gasteiger partial charge is 0.397 e. The molecule has 1 fully saturated rings. The average molecular weight is 943 g/mol. The summed E-state index contributed by atoms with van der Waals surface area (Å²) in [7, 11) is -5.06. The van der Waals surface area contributed by atoms with Crippen LogP contribution in [0.15, 0.2) is 48.6 Å². The molecule has 0 radical (unpaired) electrons. The number of carbonyl (C=O) groups is 1. The summed E-state index contributed by atoms with van der Waals surface area (Å²) in [6, 6.07) is 0. The first-order valence-electron chi connectivity index (χ1n) is 25.9. The minimum absolute atomic E-state index is 0.0370. The van der Waals surface area contributed by atoms with Gasteiger partial charge in [0.1, 0.15) is 30.5 Å². The van der Waals surface area contributed by atoms with Gasteiger partial charge in [0.15, 0.2) is 6.29 Å². The Bertz CT molecular complexity index is 1320. The number of ether oxygens (including phenoxy) is 4. The highest BCUT2D eigenvalue weighted by Crippen LogP contribution is 2.26. The van der Waals surface area contributed by atoms with Gasteiger partial charge in [-0.05, 0) is 51.4 Å². The maximum atomic E-state index is 12.9. The SMILES string of the molecule is CC/C=C\C/C=C\C/C=C\C/C=C\CCCCCCCCCCCCCCCOCC(COC1OC(CO)C(O)C(OS(=O)(=O)O)C1O)OC(=O)CCCCCCCCCCCCCC. The van der Waals surface area contributed by atoms with E-state index in [1.165, 1.54) is 122 Å². The second-order valence-corrected chi connectivity index (χ2v) is 18.8. The third-order valence-corrected chi connectivity index (χ3v) is 12.2. The Morgan fingerprint density at radius 2 is 1.06 bits per heavy atom. The molecule has 1 rings (SSSR count). The normalized spacial score (nSPS) is 20.0. The number of hydrogen-bond donors (Lipinski definition) is 4. The van der Waals surface area contributed by atoms with Crippen LogP contribution in [0.4, 0.5) is 0 Å². The lowest BCUT2D eigenvalue weighted by molar-refractivity contribution is -0.301. The first kappa shape index (κ1) is 61.1. The fraction of sp³-hybridized carbons (Fsp3) is 0.827. The lowest BCUT2D eigenvalue weighted by Crippen LogP contribution is -2.60. The largest absolute Gasteiger partial charge is 0.457 e. The number of rotatable bonds is 45. The number of aliphatic hydroxyl groups excluding tert-OH is 3. The standard InChI is InChI=1S/C52H94O12S/c1-3-5-7-9-11-13-15-17-18-19-20-21-22-23-24-25-26-27-28-29-30-32-34-36-38-40-42-60-44-46(62-48(54)41-39-37-35-33-31-16-14-12-10-8-6-4-2)45-61-52-50(56)51(64-65(57,58)59)49(55)47(43-53)63-52/h5,7,11,13,17-18,20-21,46-47,49-53,55-56H,3-4,6,8-10,12,14-16,19,22-45H2,1-2H3,(H,57,58,59)/b7-5-,13-11-,18-17-,21-20-. The van der Waals surface area contributed by atoms with Crippen molar-refractivity contribution in [2.24, 2.45) is 0 Å². The van der Waals surface area contributed by atoms with Gasteiger partial charge in [0.2, 0.25) is 0 Å². The van der Waals surface area contributed by atoms with E-state index >= 15 is 0 Å². The molecule has 6 unspecified atom stereocenters. The Labute approximate surface area is 396 Å². The van der Waals surface area contributed by atoms with E-state index < -0.39 is 59.8 Å². The van der Waals surface area contributed by atoms with Crippen molar-refractivity contribution in [2.75, 3.05) is 26.4 Å². The van der Waals surface area contributed by atoms with Crippen LogP contribution in [0.25, 0.3) is 0 Å². The van der Waals surface area contributed by atoms with Crippen LogP contribution in [0.2, 0.25) is 0 Å². The fourth-order valence-electron chi connectivity index (χ4n) is 7.84. The molecule has 0 aromatic rings. The summed E-state index contributed by atoms with van der Waals surface area (Å²) in [5, 5.41) is 30.7. The average Bonchev–Trinajstić information content (AvgIpc) is 3.28. The van der Waals surface area contributed by atoms with Gasteiger partial charge in [0, 0.05) is 13.0 Å². The Balaban J connectivity index is 2.28. The molecule has 0 aromatic heterocycles. The number of aliphatic hydroxyl groups is 3. The molecule has 380 valence electrons. The second kappa shape index (κ2) is 43.3. The highest BCUT2D eigenvalue weighted by atomic mass is 32.3. The van der Waals surface area contributed by atoms with Crippen LogP contribution in [-0.2, 0) is 38.3 Å². The predicted octanol–water partition coefficient (Wildman–Crippen LogP) is 11.9. The maximum Gasteiger partial charge on any atom is 0.397 e. The van der Waals surface area contributed by atoms with Crippen molar-refractivity contribution in [3.05, 3.63) is 48.6 Å². The van der Waals surface area contributed by atoms with Gasteiger partial charge in [-0.3, -0.25) is 9.35 Å². The van der Waals surface area contributed by atoms with Gasteiger partial charge in [-0.2, -0.15) is 8.42 Å². The van der Waals surface area contributed by atoms with Gasteiger partial charge in [0.25, 0.3) is 0 Å². The molecule has 0 saturated carbocycles. The lowest BCUT2D eigenvalue weighted by atomic mass is 9.99. The van der Waals surface area contributed by atoms with Crippen molar-refractivity contribution >= 4 is 16.4 Å². The van der Waals surface area contributed by atoms with Gasteiger partial charge < -0.3 is 34.3 Å². The predicted molar refractivity (Wildman–Crippen MR) is 262 cm³/mol. The lowest BCUT2D eigenvalue weighted by Gasteiger charge is -2.41. The first-order valence-corrected chi connectivity index (χ1v) is 27.3. The third-order valence-electron chi connectivity index (χ3n) is 11.7. The number of allylic oxidation sites excluding steroid dienone is 8. The molecule has 0 spiro atoms. The molecular weight excluding hydrogens is 849 g/mol. The van der Waals surface area contributed by atoms with Crippen LogP contribution in [0.5, 0.6) is 0 Å². The Kier molecular flexibility index (Phi) is 40.7. The van der Waals surface area contributed by atoms with Gasteiger partial charge in [0.05, 0.1) is 19.8 Å². The van der Waals surface area contributed by atoms with E-state index in [4.69, 9.17) is 18.9 Å². The number of carbonyl (C=O) groups excluding carboxylic acids is 1. The Morgan fingerprint density at radius 3 is 1.55 bits per heavy atom. The molecule has 1 aliphatic heterocycles. The molecule has 6 atom stereocenters. The molecule has 0 amide bonds. The molecule has 1 saturated heterocycles.